The topological polar surface area (TPSA) is 66.4 Å². The highest BCUT2D eigenvalue weighted by atomic mass is 19.4. The Morgan fingerprint density at radius 2 is 1.63 bits per heavy atom. The number of benzene rings is 2. The molecule has 1 unspecified atom stereocenters. The average Bonchev–Trinajstić information content (AvgIpc) is 2.61. The Morgan fingerprint density at radius 1 is 1.00 bits per heavy atom. The van der Waals surface area contributed by atoms with E-state index in [0.29, 0.717) is 5.56 Å². The first-order valence-corrected chi connectivity index (χ1v) is 8.47. The highest BCUT2D eigenvalue weighted by Gasteiger charge is 2.31. The lowest BCUT2D eigenvalue weighted by atomic mass is 9.91. The van der Waals surface area contributed by atoms with Gasteiger partial charge in [0.2, 0.25) is 5.91 Å². The van der Waals surface area contributed by atoms with Crippen LogP contribution in [0.15, 0.2) is 54.6 Å². The zero-order valence-electron chi connectivity index (χ0n) is 14.5. The maximum Gasteiger partial charge on any atom is 0.389 e. The zero-order chi connectivity index (χ0) is 19.9. The number of halogens is 3. The number of rotatable bonds is 8. The van der Waals surface area contributed by atoms with Crippen molar-refractivity contribution in [2.45, 2.75) is 37.9 Å². The van der Waals surface area contributed by atoms with Gasteiger partial charge >= 0.3 is 12.1 Å². The largest absolute Gasteiger partial charge is 0.480 e. The molecule has 0 spiro atoms. The van der Waals surface area contributed by atoms with Gasteiger partial charge in [0, 0.05) is 13.0 Å². The van der Waals surface area contributed by atoms with Crippen molar-refractivity contribution in [3.8, 4) is 0 Å². The van der Waals surface area contributed by atoms with Crippen molar-refractivity contribution in [2.75, 3.05) is 0 Å². The number of nitrogens with one attached hydrogen (secondary N) is 1. The molecule has 0 saturated heterocycles. The van der Waals surface area contributed by atoms with E-state index >= 15 is 0 Å². The lowest BCUT2D eigenvalue weighted by molar-refractivity contribution is -0.143. The van der Waals surface area contributed by atoms with Crippen molar-refractivity contribution in [1.82, 2.24) is 5.32 Å². The van der Waals surface area contributed by atoms with Crippen molar-refractivity contribution in [2.24, 2.45) is 0 Å². The van der Waals surface area contributed by atoms with Gasteiger partial charge in [0.1, 0.15) is 0 Å². The third kappa shape index (κ3) is 6.44. The van der Waals surface area contributed by atoms with Gasteiger partial charge in [-0.05, 0) is 29.5 Å². The average molecular weight is 379 g/mol. The number of amides is 1. The predicted octanol–water partition coefficient (Wildman–Crippen LogP) is 4.06. The molecule has 2 aromatic carbocycles. The van der Waals surface area contributed by atoms with Gasteiger partial charge in [0.05, 0.1) is 0 Å². The minimum atomic E-state index is -4.27. The lowest BCUT2D eigenvalue weighted by Gasteiger charge is -2.17. The summed E-state index contributed by atoms with van der Waals surface area (Å²) in [6.07, 6.45) is -5.35. The van der Waals surface area contributed by atoms with Crippen LogP contribution in [0.2, 0.25) is 0 Å². The van der Waals surface area contributed by atoms with Crippen LogP contribution in [0.25, 0.3) is 0 Å². The molecule has 0 bridgehead atoms. The molecule has 27 heavy (non-hydrogen) atoms. The Morgan fingerprint density at radius 3 is 2.26 bits per heavy atom. The molecule has 0 radical (unpaired) electrons. The van der Waals surface area contributed by atoms with E-state index in [1.165, 1.54) is 6.07 Å². The van der Waals surface area contributed by atoms with Crippen LogP contribution in [-0.2, 0) is 22.6 Å². The Labute approximate surface area is 155 Å². The van der Waals surface area contributed by atoms with Gasteiger partial charge < -0.3 is 10.4 Å². The van der Waals surface area contributed by atoms with Crippen molar-refractivity contribution in [3.63, 3.8) is 0 Å². The van der Waals surface area contributed by atoms with E-state index in [1.54, 1.807) is 42.5 Å². The Balaban J connectivity index is 2.13. The van der Waals surface area contributed by atoms with Gasteiger partial charge in [-0.15, -0.1) is 0 Å². The Hall–Kier alpha value is -2.83. The number of hydrogen-bond acceptors (Lipinski definition) is 2. The van der Waals surface area contributed by atoms with Crippen LogP contribution in [0.1, 0.15) is 35.4 Å². The molecule has 2 rings (SSSR count). The Bertz CT molecular complexity index is 776. The van der Waals surface area contributed by atoms with Crippen LogP contribution in [0.3, 0.4) is 0 Å². The van der Waals surface area contributed by atoms with Crippen molar-refractivity contribution in [1.29, 1.82) is 0 Å². The van der Waals surface area contributed by atoms with Gasteiger partial charge in [-0.3, -0.25) is 9.59 Å². The molecule has 0 aliphatic carbocycles. The first kappa shape index (κ1) is 20.5. The first-order valence-electron chi connectivity index (χ1n) is 8.47. The molecule has 0 heterocycles. The number of aliphatic carboxylic acids is 1. The maximum absolute atomic E-state index is 12.5. The van der Waals surface area contributed by atoms with Crippen molar-refractivity contribution < 1.29 is 27.9 Å². The monoisotopic (exact) mass is 379 g/mol. The normalized spacial score (nSPS) is 12.4. The van der Waals surface area contributed by atoms with Crippen LogP contribution in [0.5, 0.6) is 0 Å². The van der Waals surface area contributed by atoms with Crippen LogP contribution >= 0.6 is 0 Å². The summed E-state index contributed by atoms with van der Waals surface area (Å²) in [4.78, 5) is 24.2. The van der Waals surface area contributed by atoms with Gasteiger partial charge in [0.15, 0.2) is 5.92 Å². The van der Waals surface area contributed by atoms with Crippen LogP contribution < -0.4 is 5.32 Å². The van der Waals surface area contributed by atoms with E-state index in [0.717, 1.165) is 5.56 Å². The fourth-order valence-corrected chi connectivity index (χ4v) is 2.80. The molecule has 7 heteroatoms. The second-order valence-corrected chi connectivity index (χ2v) is 6.14. The number of carbonyl (C=O) groups is 2. The van der Waals surface area contributed by atoms with E-state index in [9.17, 15) is 27.9 Å². The van der Waals surface area contributed by atoms with Crippen LogP contribution in [0.4, 0.5) is 13.2 Å². The van der Waals surface area contributed by atoms with E-state index in [1.807, 2.05) is 6.07 Å². The number of alkyl halides is 3. The minimum Gasteiger partial charge on any atom is -0.480 e. The van der Waals surface area contributed by atoms with E-state index in [-0.39, 0.29) is 24.9 Å². The SMILES string of the molecule is O=C(O)C(C(=O)NCc1ccccc1)c1ccccc1CCCC(F)(F)F. The molecule has 144 valence electrons. The molecule has 0 aromatic heterocycles. The predicted molar refractivity (Wildman–Crippen MR) is 94.1 cm³/mol. The molecular weight excluding hydrogens is 359 g/mol. The Kier molecular flexibility index (Phi) is 6.98. The van der Waals surface area contributed by atoms with Crippen molar-refractivity contribution >= 4 is 11.9 Å². The number of carboxylic acid groups (broad SMARTS) is 1. The van der Waals surface area contributed by atoms with E-state index < -0.39 is 30.4 Å². The van der Waals surface area contributed by atoms with Gasteiger partial charge in [0.25, 0.3) is 0 Å². The summed E-state index contributed by atoms with van der Waals surface area (Å²) in [6, 6.07) is 15.2. The van der Waals surface area contributed by atoms with Gasteiger partial charge in [-0.1, -0.05) is 54.6 Å². The summed E-state index contributed by atoms with van der Waals surface area (Å²) >= 11 is 0. The van der Waals surface area contributed by atoms with Crippen molar-refractivity contribution in [3.05, 3.63) is 71.3 Å². The maximum atomic E-state index is 12.5. The molecule has 0 fully saturated rings. The molecule has 1 amide bonds. The summed E-state index contributed by atoms with van der Waals surface area (Å²) in [6.45, 7) is 0.166. The van der Waals surface area contributed by atoms with Crippen LogP contribution in [-0.4, -0.2) is 23.2 Å². The van der Waals surface area contributed by atoms with Crippen LogP contribution in [0, 0.1) is 0 Å². The summed E-state index contributed by atoms with van der Waals surface area (Å²) in [5, 5.41) is 12.1. The summed E-state index contributed by atoms with van der Waals surface area (Å²) in [5.41, 5.74) is 1.47. The number of carbonyl (C=O) groups excluding carboxylic acids is 1. The van der Waals surface area contributed by atoms with Gasteiger partial charge in [-0.2, -0.15) is 13.2 Å². The molecule has 1 atom stereocenters. The lowest BCUT2D eigenvalue weighted by Crippen LogP contribution is -2.34. The number of aryl methyl sites for hydroxylation is 1. The third-order valence-electron chi connectivity index (χ3n) is 4.09. The summed E-state index contributed by atoms with van der Waals surface area (Å²) in [5.74, 6) is -3.52. The molecule has 2 N–H and O–H groups in total. The summed E-state index contributed by atoms with van der Waals surface area (Å²) < 4.78 is 37.1. The fourth-order valence-electron chi connectivity index (χ4n) is 2.80. The molecule has 0 saturated carbocycles. The van der Waals surface area contributed by atoms with E-state index in [2.05, 4.69) is 5.32 Å². The smallest absolute Gasteiger partial charge is 0.389 e. The third-order valence-corrected chi connectivity index (χ3v) is 4.09. The molecule has 0 aliphatic rings. The number of hydrogen-bond donors (Lipinski definition) is 2. The second-order valence-electron chi connectivity index (χ2n) is 6.14. The fraction of sp³-hybridized carbons (Fsp3) is 0.300. The molecule has 0 aliphatic heterocycles. The minimum absolute atomic E-state index is 0.0471. The highest BCUT2D eigenvalue weighted by molar-refractivity contribution is 6.02. The molecule has 4 nitrogen and oxygen atoms in total. The molecular formula is C20H20F3NO3. The zero-order valence-corrected chi connectivity index (χ0v) is 14.5. The summed E-state index contributed by atoms with van der Waals surface area (Å²) in [7, 11) is 0. The standard InChI is InChI=1S/C20H20F3NO3/c21-20(22,23)12-6-10-15-9-4-5-11-16(15)17(19(26)27)18(25)24-13-14-7-2-1-3-8-14/h1-5,7-9,11,17H,6,10,12-13H2,(H,24,25)(H,26,27). The first-order chi connectivity index (χ1) is 12.8. The molecule has 2 aromatic rings. The quantitative estimate of drug-likeness (QED) is 0.680. The highest BCUT2D eigenvalue weighted by Crippen LogP contribution is 2.26. The van der Waals surface area contributed by atoms with Gasteiger partial charge in [-0.25, -0.2) is 0 Å². The van der Waals surface area contributed by atoms with E-state index in [4.69, 9.17) is 0 Å². The second kappa shape index (κ2) is 9.21. The number of carboxylic acids is 1.